The molecule has 0 atom stereocenters. The first kappa shape index (κ1) is 21.4. The predicted octanol–water partition coefficient (Wildman–Crippen LogP) is 5.97. The predicted molar refractivity (Wildman–Crippen MR) is 119 cm³/mol. The number of amides is 1. The lowest BCUT2D eigenvalue weighted by atomic mass is 10.1. The largest absolute Gasteiger partial charge is 0.416 e. The van der Waals surface area contributed by atoms with Crippen LogP contribution in [-0.2, 0) is 12.6 Å². The highest BCUT2D eigenvalue weighted by Gasteiger charge is 2.30. The Morgan fingerprint density at radius 2 is 1.62 bits per heavy atom. The smallest absolute Gasteiger partial charge is 0.352 e. The first-order valence-electron chi connectivity index (χ1n) is 10.1. The first-order chi connectivity index (χ1) is 15.4. The Balaban J connectivity index is 1.58. The Morgan fingerprint density at radius 1 is 0.875 bits per heavy atom. The van der Waals surface area contributed by atoms with Gasteiger partial charge in [-0.2, -0.15) is 13.2 Å². The number of para-hydroxylation sites is 1. The summed E-state index contributed by atoms with van der Waals surface area (Å²) in [5, 5.41) is 6.48. The van der Waals surface area contributed by atoms with Gasteiger partial charge < -0.3 is 10.6 Å². The Labute approximate surface area is 183 Å². The van der Waals surface area contributed by atoms with Crippen molar-refractivity contribution in [1.29, 1.82) is 0 Å². The summed E-state index contributed by atoms with van der Waals surface area (Å²) in [4.78, 5) is 17.4. The number of carbonyl (C=O) groups excluding carboxylic acids is 1. The number of hydrogen-bond donors (Lipinski definition) is 2. The maximum atomic E-state index is 13.0. The molecule has 4 rings (SSSR count). The first-order valence-corrected chi connectivity index (χ1v) is 10.1. The molecule has 1 aromatic heterocycles. The van der Waals surface area contributed by atoms with Crippen molar-refractivity contribution in [3.05, 3.63) is 102 Å². The van der Waals surface area contributed by atoms with E-state index in [4.69, 9.17) is 0 Å². The molecule has 0 aliphatic heterocycles. The quantitative estimate of drug-likeness (QED) is 0.392. The molecule has 162 valence electrons. The van der Waals surface area contributed by atoms with Gasteiger partial charge in [-0.15, -0.1) is 0 Å². The molecule has 4 nitrogen and oxygen atoms in total. The van der Waals surface area contributed by atoms with Gasteiger partial charge in [0.05, 0.1) is 16.6 Å². The van der Waals surface area contributed by atoms with E-state index >= 15 is 0 Å². The van der Waals surface area contributed by atoms with Gasteiger partial charge in [0, 0.05) is 17.6 Å². The number of pyridine rings is 1. The van der Waals surface area contributed by atoms with Crippen molar-refractivity contribution in [3.8, 4) is 0 Å². The van der Waals surface area contributed by atoms with Crippen LogP contribution in [-0.4, -0.2) is 17.4 Å². The van der Waals surface area contributed by atoms with Crippen LogP contribution in [0, 0.1) is 0 Å². The van der Waals surface area contributed by atoms with Crippen molar-refractivity contribution in [2.24, 2.45) is 0 Å². The molecule has 0 saturated heterocycles. The van der Waals surface area contributed by atoms with Crippen LogP contribution >= 0.6 is 0 Å². The maximum absolute atomic E-state index is 13.0. The molecule has 0 spiro atoms. The van der Waals surface area contributed by atoms with Gasteiger partial charge in [0.1, 0.15) is 5.82 Å². The van der Waals surface area contributed by atoms with E-state index in [0.29, 0.717) is 29.4 Å². The van der Waals surface area contributed by atoms with Gasteiger partial charge in [0.15, 0.2) is 0 Å². The number of nitrogens with one attached hydrogen (secondary N) is 2. The number of rotatable bonds is 6. The van der Waals surface area contributed by atoms with Gasteiger partial charge >= 0.3 is 6.18 Å². The van der Waals surface area contributed by atoms with Crippen LogP contribution in [0.4, 0.5) is 24.7 Å². The third-order valence-corrected chi connectivity index (χ3v) is 4.97. The van der Waals surface area contributed by atoms with Crippen LogP contribution < -0.4 is 10.6 Å². The molecule has 1 heterocycles. The Morgan fingerprint density at radius 3 is 2.41 bits per heavy atom. The number of nitrogens with zero attached hydrogens (tertiary/aromatic N) is 1. The molecule has 0 unspecified atom stereocenters. The minimum atomic E-state index is -4.45. The van der Waals surface area contributed by atoms with Crippen LogP contribution in [0.5, 0.6) is 0 Å². The topological polar surface area (TPSA) is 54.0 Å². The molecule has 0 bridgehead atoms. The number of carbonyl (C=O) groups is 1. The number of fused-ring (bicyclic) bond motifs is 1. The van der Waals surface area contributed by atoms with E-state index in [9.17, 15) is 18.0 Å². The number of benzene rings is 3. The van der Waals surface area contributed by atoms with Crippen molar-refractivity contribution in [2.45, 2.75) is 12.6 Å². The number of aromatic nitrogens is 1. The lowest BCUT2D eigenvalue weighted by Gasteiger charge is -2.13. The second kappa shape index (κ2) is 9.09. The normalized spacial score (nSPS) is 11.3. The van der Waals surface area contributed by atoms with E-state index in [-0.39, 0.29) is 17.4 Å². The highest BCUT2D eigenvalue weighted by atomic mass is 19.4. The van der Waals surface area contributed by atoms with Gasteiger partial charge in [-0.25, -0.2) is 4.98 Å². The molecule has 4 aromatic rings. The molecule has 0 aliphatic rings. The minimum absolute atomic E-state index is 0.234. The summed E-state index contributed by atoms with van der Waals surface area (Å²) in [6.45, 7) is 0.454. The van der Waals surface area contributed by atoms with Gasteiger partial charge in [0.25, 0.3) is 5.91 Å². The van der Waals surface area contributed by atoms with E-state index in [1.165, 1.54) is 12.1 Å². The lowest BCUT2D eigenvalue weighted by Crippen LogP contribution is -2.26. The molecule has 32 heavy (non-hydrogen) atoms. The van der Waals surface area contributed by atoms with Gasteiger partial charge in [-0.3, -0.25) is 4.79 Å². The molecular formula is C25H20F3N3O. The zero-order valence-electron chi connectivity index (χ0n) is 17.0. The van der Waals surface area contributed by atoms with Crippen LogP contribution in [0.3, 0.4) is 0 Å². The fourth-order valence-electron chi connectivity index (χ4n) is 3.41. The van der Waals surface area contributed by atoms with Gasteiger partial charge in [-0.05, 0) is 42.3 Å². The average Bonchev–Trinajstić information content (AvgIpc) is 2.79. The summed E-state index contributed by atoms with van der Waals surface area (Å²) in [5.41, 5.74) is 1.55. The zero-order chi connectivity index (χ0) is 22.6. The van der Waals surface area contributed by atoms with Crippen molar-refractivity contribution in [2.75, 3.05) is 11.9 Å². The fourth-order valence-corrected chi connectivity index (χ4v) is 3.41. The highest BCUT2D eigenvalue weighted by Crippen LogP contribution is 2.31. The Bertz CT molecular complexity index is 1240. The van der Waals surface area contributed by atoms with Gasteiger partial charge in [0.2, 0.25) is 0 Å². The zero-order valence-corrected chi connectivity index (χ0v) is 17.0. The van der Waals surface area contributed by atoms with Crippen molar-refractivity contribution < 1.29 is 18.0 Å². The molecular weight excluding hydrogens is 415 g/mol. The third-order valence-electron chi connectivity index (χ3n) is 4.97. The van der Waals surface area contributed by atoms with E-state index < -0.39 is 11.7 Å². The van der Waals surface area contributed by atoms with Crippen molar-refractivity contribution >= 4 is 28.3 Å². The minimum Gasteiger partial charge on any atom is -0.352 e. The fraction of sp³-hybridized carbons (Fsp3) is 0.120. The van der Waals surface area contributed by atoms with Crippen LogP contribution in [0.2, 0.25) is 0 Å². The summed E-state index contributed by atoms with van der Waals surface area (Å²) in [7, 11) is 0. The summed E-state index contributed by atoms with van der Waals surface area (Å²) in [5.74, 6) is 0.0165. The van der Waals surface area contributed by atoms with Crippen molar-refractivity contribution in [3.63, 3.8) is 0 Å². The molecule has 7 heteroatoms. The molecule has 2 N–H and O–H groups in total. The average molecular weight is 435 g/mol. The van der Waals surface area contributed by atoms with Crippen molar-refractivity contribution in [1.82, 2.24) is 10.3 Å². The molecule has 0 radical (unpaired) electrons. The summed E-state index contributed by atoms with van der Waals surface area (Å²) < 4.78 is 39.1. The van der Waals surface area contributed by atoms with Gasteiger partial charge in [-0.1, -0.05) is 54.6 Å². The Hall–Kier alpha value is -3.87. The van der Waals surface area contributed by atoms with E-state index in [2.05, 4.69) is 15.6 Å². The number of halogens is 3. The molecule has 0 saturated carbocycles. The third kappa shape index (κ3) is 5.06. The van der Waals surface area contributed by atoms with E-state index in [1.54, 1.807) is 24.3 Å². The molecule has 0 aliphatic carbocycles. The molecule has 0 fully saturated rings. The van der Waals surface area contributed by atoms with E-state index in [0.717, 1.165) is 17.7 Å². The monoisotopic (exact) mass is 435 g/mol. The van der Waals surface area contributed by atoms with Crippen LogP contribution in [0.15, 0.2) is 84.9 Å². The summed E-state index contributed by atoms with van der Waals surface area (Å²) in [6, 6.07) is 23.4. The number of hydrogen-bond acceptors (Lipinski definition) is 3. The lowest BCUT2D eigenvalue weighted by molar-refractivity contribution is -0.137. The second-order valence-corrected chi connectivity index (χ2v) is 7.27. The highest BCUT2D eigenvalue weighted by molar-refractivity contribution is 6.07. The van der Waals surface area contributed by atoms with Crippen LogP contribution in [0.1, 0.15) is 21.5 Å². The van der Waals surface area contributed by atoms with Crippen LogP contribution in [0.25, 0.3) is 10.9 Å². The number of alkyl halides is 3. The Kier molecular flexibility index (Phi) is 6.07. The number of anilines is 2. The summed E-state index contributed by atoms with van der Waals surface area (Å²) >= 11 is 0. The SMILES string of the molecule is O=C(NCCc1ccccc1)c1cc(Nc2cccc(C(F)(F)F)c2)nc2ccccc12. The molecule has 1 amide bonds. The maximum Gasteiger partial charge on any atom is 0.416 e. The van der Waals surface area contributed by atoms with E-state index in [1.807, 2.05) is 36.4 Å². The molecule has 3 aromatic carbocycles. The summed E-state index contributed by atoms with van der Waals surface area (Å²) in [6.07, 6.45) is -3.76. The second-order valence-electron chi connectivity index (χ2n) is 7.27. The standard InChI is InChI=1S/C25H20F3N3O/c26-25(27,28)18-9-6-10-19(15-18)30-23-16-21(20-11-4-5-12-22(20)31-23)24(32)29-14-13-17-7-2-1-3-8-17/h1-12,15-16H,13-14H2,(H,29,32)(H,30,31).